The van der Waals surface area contributed by atoms with Gasteiger partial charge in [-0.05, 0) is 53.9 Å². The van der Waals surface area contributed by atoms with Crippen LogP contribution in [-0.2, 0) is 0 Å². The molecule has 1 heterocycles. The molecular formula is C21H15ClO4S. The molecule has 0 saturated carbocycles. The van der Waals surface area contributed by atoms with Crippen molar-refractivity contribution in [1.82, 2.24) is 0 Å². The number of esters is 1. The number of hydrogen-bond acceptors (Lipinski definition) is 5. The number of thiophene rings is 1. The number of ketones is 1. The lowest BCUT2D eigenvalue weighted by molar-refractivity contribution is 0.0729. The van der Waals surface area contributed by atoms with Crippen molar-refractivity contribution >= 4 is 40.8 Å². The Bertz CT molecular complexity index is 993. The maximum atomic E-state index is 12.6. The molecule has 3 aromatic rings. The van der Waals surface area contributed by atoms with E-state index < -0.39 is 5.97 Å². The van der Waals surface area contributed by atoms with E-state index in [0.29, 0.717) is 10.8 Å². The zero-order valence-corrected chi connectivity index (χ0v) is 15.9. The Balaban J connectivity index is 1.88. The highest BCUT2D eigenvalue weighted by Gasteiger charge is 2.18. The van der Waals surface area contributed by atoms with Gasteiger partial charge in [-0.15, -0.1) is 11.3 Å². The van der Waals surface area contributed by atoms with Crippen LogP contribution in [0.5, 0.6) is 11.5 Å². The topological polar surface area (TPSA) is 52.6 Å². The standard InChI is InChI=1S/C21H15ClO4S/c1-25-19-7-3-2-6-16(19)21(24)26-20-11-8-14(22)13-17(20)18(23)10-9-15-5-4-12-27-15/h2-13H,1H3. The van der Waals surface area contributed by atoms with Crippen molar-refractivity contribution < 1.29 is 19.1 Å². The number of allylic oxidation sites excluding steroid dienone is 1. The molecule has 0 aliphatic heterocycles. The summed E-state index contributed by atoms with van der Waals surface area (Å²) in [6.45, 7) is 0. The minimum absolute atomic E-state index is 0.135. The van der Waals surface area contributed by atoms with Crippen molar-refractivity contribution in [2.75, 3.05) is 7.11 Å². The Morgan fingerprint density at radius 1 is 1.00 bits per heavy atom. The number of para-hydroxylation sites is 1. The Kier molecular flexibility index (Phi) is 6.06. The second-order valence-electron chi connectivity index (χ2n) is 5.44. The molecule has 27 heavy (non-hydrogen) atoms. The van der Waals surface area contributed by atoms with Crippen molar-refractivity contribution in [2.45, 2.75) is 0 Å². The quantitative estimate of drug-likeness (QED) is 0.237. The number of carbonyl (C=O) groups excluding carboxylic acids is 2. The second kappa shape index (κ2) is 8.66. The van der Waals surface area contributed by atoms with Crippen LogP contribution in [0, 0.1) is 0 Å². The third-order valence-electron chi connectivity index (χ3n) is 3.68. The summed E-state index contributed by atoms with van der Waals surface area (Å²) in [5.41, 5.74) is 0.473. The van der Waals surface area contributed by atoms with Crippen LogP contribution in [0.4, 0.5) is 0 Å². The van der Waals surface area contributed by atoms with Crippen molar-refractivity contribution in [3.05, 3.63) is 87.1 Å². The van der Waals surface area contributed by atoms with Gasteiger partial charge in [-0.25, -0.2) is 4.79 Å². The van der Waals surface area contributed by atoms with Crippen molar-refractivity contribution in [2.24, 2.45) is 0 Å². The fourth-order valence-electron chi connectivity index (χ4n) is 2.39. The first-order valence-electron chi connectivity index (χ1n) is 7.99. The van der Waals surface area contributed by atoms with E-state index in [1.165, 1.54) is 36.7 Å². The molecular weight excluding hydrogens is 384 g/mol. The maximum Gasteiger partial charge on any atom is 0.347 e. The molecule has 0 aliphatic rings. The average Bonchev–Trinajstić information content (AvgIpc) is 3.21. The molecule has 0 spiro atoms. The molecule has 0 N–H and O–H groups in total. The van der Waals surface area contributed by atoms with Gasteiger partial charge in [-0.3, -0.25) is 4.79 Å². The third kappa shape index (κ3) is 4.64. The van der Waals surface area contributed by atoms with E-state index in [9.17, 15) is 9.59 Å². The molecule has 0 aliphatic carbocycles. The number of rotatable bonds is 6. The van der Waals surface area contributed by atoms with Gasteiger partial charge in [-0.1, -0.05) is 29.8 Å². The zero-order valence-electron chi connectivity index (χ0n) is 14.3. The Morgan fingerprint density at radius 2 is 1.81 bits per heavy atom. The molecule has 3 rings (SSSR count). The average molecular weight is 399 g/mol. The van der Waals surface area contributed by atoms with Crippen LogP contribution in [0.2, 0.25) is 5.02 Å². The highest BCUT2D eigenvalue weighted by molar-refractivity contribution is 7.10. The van der Waals surface area contributed by atoms with Crippen LogP contribution in [-0.4, -0.2) is 18.9 Å². The monoisotopic (exact) mass is 398 g/mol. The lowest BCUT2D eigenvalue weighted by Gasteiger charge is -2.11. The summed E-state index contributed by atoms with van der Waals surface area (Å²) in [7, 11) is 1.47. The fourth-order valence-corrected chi connectivity index (χ4v) is 3.18. The molecule has 0 unspecified atom stereocenters. The SMILES string of the molecule is COc1ccccc1C(=O)Oc1ccc(Cl)cc1C(=O)C=Cc1cccs1. The molecule has 0 fully saturated rings. The van der Waals surface area contributed by atoms with E-state index in [2.05, 4.69) is 0 Å². The van der Waals surface area contributed by atoms with Crippen LogP contribution in [0.25, 0.3) is 6.08 Å². The van der Waals surface area contributed by atoms with Gasteiger partial charge in [0, 0.05) is 9.90 Å². The molecule has 0 bridgehead atoms. The van der Waals surface area contributed by atoms with Gasteiger partial charge in [0.05, 0.1) is 12.7 Å². The molecule has 2 aromatic carbocycles. The smallest absolute Gasteiger partial charge is 0.347 e. The second-order valence-corrected chi connectivity index (χ2v) is 6.86. The number of ether oxygens (including phenoxy) is 2. The summed E-state index contributed by atoms with van der Waals surface area (Å²) in [4.78, 5) is 26.1. The zero-order chi connectivity index (χ0) is 19.2. The van der Waals surface area contributed by atoms with E-state index in [1.807, 2.05) is 17.5 Å². The first kappa shape index (κ1) is 18.9. The van der Waals surface area contributed by atoms with E-state index in [-0.39, 0.29) is 22.7 Å². The van der Waals surface area contributed by atoms with Crippen molar-refractivity contribution in [1.29, 1.82) is 0 Å². The number of halogens is 1. The van der Waals surface area contributed by atoms with E-state index in [4.69, 9.17) is 21.1 Å². The van der Waals surface area contributed by atoms with E-state index in [1.54, 1.807) is 36.4 Å². The van der Waals surface area contributed by atoms with Gasteiger partial charge in [0.1, 0.15) is 17.1 Å². The fraction of sp³-hybridized carbons (Fsp3) is 0.0476. The lowest BCUT2D eigenvalue weighted by atomic mass is 10.1. The summed E-state index contributed by atoms with van der Waals surface area (Å²) in [5, 5.41) is 2.30. The van der Waals surface area contributed by atoms with Crippen molar-refractivity contribution in [3.8, 4) is 11.5 Å². The molecule has 1 aromatic heterocycles. The number of methoxy groups -OCH3 is 1. The third-order valence-corrected chi connectivity index (χ3v) is 4.75. The largest absolute Gasteiger partial charge is 0.496 e. The molecule has 6 heteroatoms. The molecule has 0 radical (unpaired) electrons. The maximum absolute atomic E-state index is 12.6. The summed E-state index contributed by atoms with van der Waals surface area (Å²) in [6, 6.07) is 15.0. The van der Waals surface area contributed by atoms with Gasteiger partial charge in [-0.2, -0.15) is 0 Å². The normalized spacial score (nSPS) is 10.7. The molecule has 136 valence electrons. The van der Waals surface area contributed by atoms with Crippen LogP contribution < -0.4 is 9.47 Å². The van der Waals surface area contributed by atoms with Crippen LogP contribution in [0.1, 0.15) is 25.6 Å². The van der Waals surface area contributed by atoms with Crippen LogP contribution in [0.15, 0.2) is 66.1 Å². The van der Waals surface area contributed by atoms with Gasteiger partial charge in [0.25, 0.3) is 0 Å². The number of benzene rings is 2. The van der Waals surface area contributed by atoms with Gasteiger partial charge in [0.15, 0.2) is 5.78 Å². The summed E-state index contributed by atoms with van der Waals surface area (Å²) >= 11 is 7.54. The molecule has 0 amide bonds. The highest BCUT2D eigenvalue weighted by atomic mass is 35.5. The summed E-state index contributed by atoms with van der Waals surface area (Å²) in [6.07, 6.45) is 3.14. The molecule has 0 atom stereocenters. The summed E-state index contributed by atoms with van der Waals surface area (Å²) < 4.78 is 10.6. The highest BCUT2D eigenvalue weighted by Crippen LogP contribution is 2.27. The molecule has 4 nitrogen and oxygen atoms in total. The van der Waals surface area contributed by atoms with Crippen molar-refractivity contribution in [3.63, 3.8) is 0 Å². The van der Waals surface area contributed by atoms with Gasteiger partial charge < -0.3 is 9.47 Å². The predicted octanol–water partition coefficient (Wildman–Crippen LogP) is 5.53. The van der Waals surface area contributed by atoms with Crippen LogP contribution in [0.3, 0.4) is 0 Å². The number of hydrogen-bond donors (Lipinski definition) is 0. The van der Waals surface area contributed by atoms with Gasteiger partial charge >= 0.3 is 5.97 Å². The first-order chi connectivity index (χ1) is 13.1. The summed E-state index contributed by atoms with van der Waals surface area (Å²) in [5.74, 6) is -0.405. The minimum Gasteiger partial charge on any atom is -0.496 e. The Morgan fingerprint density at radius 3 is 2.56 bits per heavy atom. The lowest BCUT2D eigenvalue weighted by Crippen LogP contribution is -2.12. The predicted molar refractivity (Wildman–Crippen MR) is 107 cm³/mol. The Labute approximate surface area is 165 Å². The van der Waals surface area contributed by atoms with E-state index >= 15 is 0 Å². The number of carbonyl (C=O) groups is 2. The Hall–Kier alpha value is -2.89. The molecule has 0 saturated heterocycles. The van der Waals surface area contributed by atoms with Gasteiger partial charge in [0.2, 0.25) is 0 Å². The van der Waals surface area contributed by atoms with Crippen LogP contribution >= 0.6 is 22.9 Å². The van der Waals surface area contributed by atoms with E-state index in [0.717, 1.165) is 4.88 Å². The first-order valence-corrected chi connectivity index (χ1v) is 9.25. The minimum atomic E-state index is -0.619.